The molecule has 160 valence electrons. The lowest BCUT2D eigenvalue weighted by atomic mass is 10.1. The van der Waals surface area contributed by atoms with Gasteiger partial charge in [-0.15, -0.1) is 0 Å². The molecule has 0 aliphatic rings. The normalized spacial score (nSPS) is 11.4. The molecule has 3 aromatic rings. The zero-order chi connectivity index (χ0) is 21.7. The molecule has 1 amide bonds. The van der Waals surface area contributed by atoms with Crippen molar-refractivity contribution in [3.8, 4) is 0 Å². The highest BCUT2D eigenvalue weighted by atomic mass is 35.5. The molecule has 7 nitrogen and oxygen atoms in total. The first-order valence-electron chi connectivity index (χ1n) is 10.3. The summed E-state index contributed by atoms with van der Waals surface area (Å²) in [5.41, 5.74) is 2.69. The number of nitrogens with one attached hydrogen (secondary N) is 2. The van der Waals surface area contributed by atoms with Crippen molar-refractivity contribution in [2.75, 3.05) is 26.2 Å². The Morgan fingerprint density at radius 1 is 1.23 bits per heavy atom. The van der Waals surface area contributed by atoms with Gasteiger partial charge in [-0.2, -0.15) is 0 Å². The summed E-state index contributed by atoms with van der Waals surface area (Å²) in [4.78, 5) is 32.5. The molecule has 3 rings (SSSR count). The van der Waals surface area contributed by atoms with Gasteiger partial charge in [0.2, 0.25) is 0 Å². The van der Waals surface area contributed by atoms with Gasteiger partial charge in [0.25, 0.3) is 11.5 Å². The van der Waals surface area contributed by atoms with Crippen molar-refractivity contribution < 1.29 is 4.79 Å². The minimum Gasteiger partial charge on any atom is -0.352 e. The third-order valence-electron chi connectivity index (χ3n) is 5.33. The van der Waals surface area contributed by atoms with E-state index in [4.69, 9.17) is 11.6 Å². The van der Waals surface area contributed by atoms with Gasteiger partial charge >= 0.3 is 0 Å². The summed E-state index contributed by atoms with van der Waals surface area (Å²) < 4.78 is 1.34. The second-order valence-electron chi connectivity index (χ2n) is 7.27. The third-order valence-corrected chi connectivity index (χ3v) is 5.58. The first-order chi connectivity index (χ1) is 14.4. The van der Waals surface area contributed by atoms with Crippen LogP contribution in [-0.4, -0.2) is 51.6 Å². The molecule has 0 aliphatic carbocycles. The summed E-state index contributed by atoms with van der Waals surface area (Å²) in [6.45, 7) is 9.55. The first kappa shape index (κ1) is 22.1. The number of hydrogen-bond donors (Lipinski definition) is 2. The molecule has 8 heteroatoms. The number of H-pyrrole nitrogens is 1. The number of fused-ring (bicyclic) bond motifs is 1. The fourth-order valence-corrected chi connectivity index (χ4v) is 3.60. The number of nitrogens with zero attached hydrogens (tertiary/aromatic N) is 3. The van der Waals surface area contributed by atoms with Crippen molar-refractivity contribution in [1.82, 2.24) is 24.8 Å². The molecule has 0 aliphatic heterocycles. The molecule has 1 aromatic carbocycles. The summed E-state index contributed by atoms with van der Waals surface area (Å²) in [6.07, 6.45) is 2.85. The second kappa shape index (κ2) is 9.91. The number of aryl methyl sites for hydroxylation is 1. The van der Waals surface area contributed by atoms with Crippen molar-refractivity contribution in [2.24, 2.45) is 0 Å². The number of carbonyl (C=O) groups excluding carboxylic acids is 1. The molecular formula is C22H28ClN5O2. The molecule has 2 aromatic heterocycles. The van der Waals surface area contributed by atoms with Crippen LogP contribution in [0.15, 0.2) is 35.3 Å². The quantitative estimate of drug-likeness (QED) is 0.512. The van der Waals surface area contributed by atoms with E-state index in [1.165, 1.54) is 10.7 Å². The van der Waals surface area contributed by atoms with E-state index in [-0.39, 0.29) is 11.5 Å². The predicted octanol–water partition coefficient (Wildman–Crippen LogP) is 3.04. The van der Waals surface area contributed by atoms with Gasteiger partial charge in [-0.1, -0.05) is 37.6 Å². The molecule has 0 unspecified atom stereocenters. The van der Waals surface area contributed by atoms with E-state index in [9.17, 15) is 9.59 Å². The Kier molecular flexibility index (Phi) is 7.29. The van der Waals surface area contributed by atoms with Crippen LogP contribution >= 0.6 is 11.6 Å². The van der Waals surface area contributed by atoms with Crippen LogP contribution in [0.5, 0.6) is 0 Å². The van der Waals surface area contributed by atoms with Crippen LogP contribution < -0.4 is 10.9 Å². The van der Waals surface area contributed by atoms with E-state index in [1.54, 1.807) is 19.1 Å². The summed E-state index contributed by atoms with van der Waals surface area (Å²) in [5.74, 6) is -0.231. The number of halogens is 1. The van der Waals surface area contributed by atoms with Gasteiger partial charge in [0.05, 0.1) is 0 Å². The maximum atomic E-state index is 13.0. The van der Waals surface area contributed by atoms with Crippen LogP contribution in [0, 0.1) is 6.92 Å². The van der Waals surface area contributed by atoms with Crippen molar-refractivity contribution in [1.29, 1.82) is 0 Å². The molecule has 30 heavy (non-hydrogen) atoms. The molecular weight excluding hydrogens is 402 g/mol. The summed E-state index contributed by atoms with van der Waals surface area (Å²) in [6, 6.07) is 7.38. The minimum atomic E-state index is -0.231. The van der Waals surface area contributed by atoms with Gasteiger partial charge in [-0.25, -0.2) is 9.50 Å². The number of hydrogen-bond acceptors (Lipinski definition) is 4. The second-order valence-corrected chi connectivity index (χ2v) is 7.70. The Morgan fingerprint density at radius 3 is 2.60 bits per heavy atom. The SMILES string of the molecule is CCN(CC)CCCNC(=O)c1c[nH]n2c(=O)c(Cc3ccc(Cl)cc3)c(C)nc12. The molecule has 2 heterocycles. The van der Waals surface area contributed by atoms with Crippen molar-refractivity contribution >= 4 is 23.2 Å². The standard InChI is InChI=1S/C22H28ClN5O2/c1-4-27(5-2)12-6-11-24-21(29)19-14-25-28-20(19)26-15(3)18(22(28)30)13-16-7-9-17(23)10-8-16/h7-10,14,25H,4-6,11-13H2,1-3H3,(H,24,29). The molecule has 0 radical (unpaired) electrons. The lowest BCUT2D eigenvalue weighted by molar-refractivity contribution is 0.0953. The van der Waals surface area contributed by atoms with Crippen molar-refractivity contribution in [3.63, 3.8) is 0 Å². The van der Waals surface area contributed by atoms with E-state index in [2.05, 4.69) is 34.1 Å². The average Bonchev–Trinajstić information content (AvgIpc) is 3.16. The van der Waals surface area contributed by atoms with Gasteiger partial charge < -0.3 is 10.2 Å². The van der Waals surface area contributed by atoms with E-state index < -0.39 is 0 Å². The Balaban J connectivity index is 1.76. The summed E-state index contributed by atoms with van der Waals surface area (Å²) in [5, 5.41) is 6.46. The zero-order valence-electron chi connectivity index (χ0n) is 17.7. The van der Waals surface area contributed by atoms with Crippen LogP contribution in [0.2, 0.25) is 5.02 Å². The van der Waals surface area contributed by atoms with E-state index >= 15 is 0 Å². The van der Waals surface area contributed by atoms with Gasteiger partial charge in [0.15, 0.2) is 5.65 Å². The summed E-state index contributed by atoms with van der Waals surface area (Å²) >= 11 is 5.94. The smallest absolute Gasteiger partial charge is 0.276 e. The van der Waals surface area contributed by atoms with Crippen LogP contribution in [0.1, 0.15) is 47.4 Å². The molecule has 0 atom stereocenters. The maximum Gasteiger partial charge on any atom is 0.276 e. The Morgan fingerprint density at radius 2 is 1.93 bits per heavy atom. The highest BCUT2D eigenvalue weighted by molar-refractivity contribution is 6.30. The molecule has 0 spiro atoms. The number of rotatable bonds is 9. The summed E-state index contributed by atoms with van der Waals surface area (Å²) in [7, 11) is 0. The fourth-order valence-electron chi connectivity index (χ4n) is 3.47. The predicted molar refractivity (Wildman–Crippen MR) is 120 cm³/mol. The Labute approximate surface area is 181 Å². The lowest BCUT2D eigenvalue weighted by Crippen LogP contribution is -2.30. The topological polar surface area (TPSA) is 82.5 Å². The van der Waals surface area contributed by atoms with Crippen molar-refractivity contribution in [3.05, 3.63) is 68.2 Å². The van der Waals surface area contributed by atoms with Crippen LogP contribution in [0.3, 0.4) is 0 Å². The number of benzene rings is 1. The average molecular weight is 430 g/mol. The van der Waals surface area contributed by atoms with E-state index in [1.807, 2.05) is 12.1 Å². The fraction of sp³-hybridized carbons (Fsp3) is 0.409. The molecule has 0 saturated heterocycles. The van der Waals surface area contributed by atoms with E-state index in [0.29, 0.717) is 40.5 Å². The Bertz CT molecular complexity index is 1070. The van der Waals surface area contributed by atoms with E-state index in [0.717, 1.165) is 31.6 Å². The first-order valence-corrected chi connectivity index (χ1v) is 10.7. The number of aromatic nitrogens is 3. The van der Waals surface area contributed by atoms with Gasteiger partial charge in [-0.3, -0.25) is 14.7 Å². The maximum absolute atomic E-state index is 13.0. The molecule has 0 saturated carbocycles. The number of carbonyl (C=O) groups is 1. The van der Waals surface area contributed by atoms with Gasteiger partial charge in [-0.05, 0) is 50.7 Å². The minimum absolute atomic E-state index is 0.201. The largest absolute Gasteiger partial charge is 0.352 e. The van der Waals surface area contributed by atoms with Gasteiger partial charge in [0.1, 0.15) is 5.56 Å². The third kappa shape index (κ3) is 4.91. The highest BCUT2D eigenvalue weighted by Crippen LogP contribution is 2.15. The Hall–Kier alpha value is -2.64. The van der Waals surface area contributed by atoms with Crippen molar-refractivity contribution in [2.45, 2.75) is 33.6 Å². The molecule has 0 fully saturated rings. The number of aromatic amines is 1. The lowest BCUT2D eigenvalue weighted by Gasteiger charge is -2.17. The van der Waals surface area contributed by atoms with Crippen LogP contribution in [0.25, 0.3) is 5.65 Å². The monoisotopic (exact) mass is 429 g/mol. The number of amides is 1. The highest BCUT2D eigenvalue weighted by Gasteiger charge is 2.18. The van der Waals surface area contributed by atoms with Crippen LogP contribution in [0.4, 0.5) is 0 Å². The van der Waals surface area contributed by atoms with Crippen LogP contribution in [-0.2, 0) is 6.42 Å². The molecule has 2 N–H and O–H groups in total. The van der Waals surface area contributed by atoms with Gasteiger partial charge in [0, 0.05) is 35.4 Å². The zero-order valence-corrected chi connectivity index (χ0v) is 18.4. The molecule has 0 bridgehead atoms.